The maximum atomic E-state index is 11.4. The van der Waals surface area contributed by atoms with Crippen LogP contribution in [0.15, 0.2) is 34.3 Å². The van der Waals surface area contributed by atoms with Crippen molar-refractivity contribution < 1.29 is 12.6 Å². The summed E-state index contributed by atoms with van der Waals surface area (Å²) in [5.41, 5.74) is 8.90. The van der Waals surface area contributed by atoms with Crippen LogP contribution in [-0.4, -0.2) is 15.1 Å². The Hall–Kier alpha value is -1.56. The summed E-state index contributed by atoms with van der Waals surface area (Å²) < 4.78 is 27.3. The summed E-state index contributed by atoms with van der Waals surface area (Å²) in [6.07, 6.45) is 0. The van der Waals surface area contributed by atoms with E-state index in [1.165, 1.54) is 12.1 Å². The van der Waals surface area contributed by atoms with Crippen molar-refractivity contribution in [3.8, 4) is 0 Å². The van der Waals surface area contributed by atoms with E-state index in [2.05, 4.69) is 14.2 Å². The standard InChI is InChI=1S/C8H9N3O3S/c1-7-2-4-8(5-3-7)15(12,13)14-6-10-11-9/h2-5H,6H2,1H3. The van der Waals surface area contributed by atoms with Crippen LogP contribution in [0.2, 0.25) is 0 Å². The minimum absolute atomic E-state index is 0.0428. The van der Waals surface area contributed by atoms with E-state index >= 15 is 0 Å². The molecule has 0 amide bonds. The number of rotatable bonds is 4. The second-order valence-corrected chi connectivity index (χ2v) is 4.36. The largest absolute Gasteiger partial charge is 0.297 e. The molecule has 1 aromatic rings. The molecule has 1 rings (SSSR count). The topological polar surface area (TPSA) is 92.1 Å². The predicted molar refractivity (Wildman–Crippen MR) is 53.5 cm³/mol. The minimum Gasteiger partial charge on any atom is -0.260 e. The Balaban J connectivity index is 2.86. The molecule has 15 heavy (non-hydrogen) atoms. The first-order valence-electron chi connectivity index (χ1n) is 4.03. The van der Waals surface area contributed by atoms with E-state index in [0.717, 1.165) is 5.56 Å². The molecule has 80 valence electrons. The summed E-state index contributed by atoms with van der Waals surface area (Å²) in [5, 5.41) is 2.98. The van der Waals surface area contributed by atoms with Gasteiger partial charge in [0.1, 0.15) is 6.73 Å². The number of aryl methyl sites for hydroxylation is 1. The molecule has 0 aromatic heterocycles. The molecule has 0 aliphatic heterocycles. The SMILES string of the molecule is Cc1ccc(S(=O)(=O)OCN=[N+]=[N-])cc1. The zero-order valence-corrected chi connectivity index (χ0v) is 8.81. The van der Waals surface area contributed by atoms with Crippen molar-refractivity contribution in [1.82, 2.24) is 0 Å². The van der Waals surface area contributed by atoms with Crippen molar-refractivity contribution >= 4 is 10.1 Å². The predicted octanol–water partition coefficient (Wildman–Crippen LogP) is 1.97. The molecule has 0 fully saturated rings. The highest BCUT2D eigenvalue weighted by molar-refractivity contribution is 7.86. The lowest BCUT2D eigenvalue weighted by Crippen LogP contribution is -2.06. The Morgan fingerprint density at radius 1 is 1.40 bits per heavy atom. The van der Waals surface area contributed by atoms with Crippen LogP contribution in [-0.2, 0) is 14.3 Å². The van der Waals surface area contributed by atoms with Crippen molar-refractivity contribution in [3.05, 3.63) is 40.3 Å². The van der Waals surface area contributed by atoms with Crippen molar-refractivity contribution in [2.75, 3.05) is 6.73 Å². The first-order chi connectivity index (χ1) is 7.06. The molecule has 1 aromatic carbocycles. The highest BCUT2D eigenvalue weighted by Crippen LogP contribution is 2.12. The fourth-order valence-corrected chi connectivity index (χ4v) is 1.68. The van der Waals surface area contributed by atoms with Gasteiger partial charge in [-0.05, 0) is 24.6 Å². The average molecular weight is 227 g/mol. The summed E-state index contributed by atoms with van der Waals surface area (Å²) in [6.45, 7) is 1.31. The van der Waals surface area contributed by atoms with Crippen LogP contribution in [0.3, 0.4) is 0 Å². The number of hydrogen-bond acceptors (Lipinski definition) is 4. The lowest BCUT2D eigenvalue weighted by Gasteiger charge is -2.02. The molecule has 0 spiro atoms. The van der Waals surface area contributed by atoms with E-state index in [9.17, 15) is 8.42 Å². The van der Waals surface area contributed by atoms with Crippen LogP contribution in [0.4, 0.5) is 0 Å². The van der Waals surface area contributed by atoms with Crippen molar-refractivity contribution in [3.63, 3.8) is 0 Å². The van der Waals surface area contributed by atoms with Gasteiger partial charge in [0.05, 0.1) is 4.90 Å². The van der Waals surface area contributed by atoms with E-state index in [0.29, 0.717) is 0 Å². The van der Waals surface area contributed by atoms with Gasteiger partial charge in [-0.1, -0.05) is 22.8 Å². The van der Waals surface area contributed by atoms with E-state index < -0.39 is 16.8 Å². The molecule has 6 nitrogen and oxygen atoms in total. The first-order valence-corrected chi connectivity index (χ1v) is 5.44. The third kappa shape index (κ3) is 3.25. The monoisotopic (exact) mass is 227 g/mol. The smallest absolute Gasteiger partial charge is 0.260 e. The molecular formula is C8H9N3O3S. The Bertz CT molecular complexity index is 474. The lowest BCUT2D eigenvalue weighted by atomic mass is 10.2. The van der Waals surface area contributed by atoms with E-state index in [-0.39, 0.29) is 4.90 Å². The third-order valence-corrected chi connectivity index (χ3v) is 2.90. The Labute approximate surface area is 87.2 Å². The zero-order chi connectivity index (χ0) is 11.3. The number of hydrogen-bond donors (Lipinski definition) is 0. The number of azide groups is 1. The number of benzene rings is 1. The van der Waals surface area contributed by atoms with Gasteiger partial charge in [0.2, 0.25) is 0 Å². The molecule has 0 saturated heterocycles. The Kier molecular flexibility index (Phi) is 3.68. The summed E-state index contributed by atoms with van der Waals surface area (Å²) >= 11 is 0. The first kappa shape index (κ1) is 11.5. The molecule has 0 aliphatic carbocycles. The lowest BCUT2D eigenvalue weighted by molar-refractivity contribution is 0.328. The zero-order valence-electron chi connectivity index (χ0n) is 7.99. The third-order valence-electron chi connectivity index (χ3n) is 1.64. The van der Waals surface area contributed by atoms with Gasteiger partial charge in [0, 0.05) is 4.91 Å². The van der Waals surface area contributed by atoms with Gasteiger partial charge in [-0.3, -0.25) is 4.18 Å². The van der Waals surface area contributed by atoms with Gasteiger partial charge in [-0.25, -0.2) is 0 Å². The van der Waals surface area contributed by atoms with Crippen molar-refractivity contribution in [2.24, 2.45) is 5.11 Å². The molecule has 0 aliphatic rings. The maximum absolute atomic E-state index is 11.4. The van der Waals surface area contributed by atoms with Gasteiger partial charge in [0.15, 0.2) is 0 Å². The highest BCUT2D eigenvalue weighted by Gasteiger charge is 2.13. The van der Waals surface area contributed by atoms with Gasteiger partial charge < -0.3 is 0 Å². The van der Waals surface area contributed by atoms with Gasteiger partial charge in [0.25, 0.3) is 10.1 Å². The van der Waals surface area contributed by atoms with Gasteiger partial charge >= 0.3 is 0 Å². The molecule has 0 bridgehead atoms. The second kappa shape index (κ2) is 4.79. The van der Waals surface area contributed by atoms with Crippen LogP contribution in [0.5, 0.6) is 0 Å². The molecule has 0 saturated carbocycles. The summed E-state index contributed by atoms with van der Waals surface area (Å²) in [5.74, 6) is 0. The number of nitrogens with zero attached hydrogens (tertiary/aromatic N) is 3. The summed E-state index contributed by atoms with van der Waals surface area (Å²) in [4.78, 5) is 2.42. The molecule has 7 heteroatoms. The van der Waals surface area contributed by atoms with Crippen molar-refractivity contribution in [2.45, 2.75) is 11.8 Å². The van der Waals surface area contributed by atoms with Crippen LogP contribution in [0, 0.1) is 6.92 Å². The Morgan fingerprint density at radius 3 is 2.53 bits per heavy atom. The van der Waals surface area contributed by atoms with Crippen LogP contribution >= 0.6 is 0 Å². The Morgan fingerprint density at radius 2 is 2.00 bits per heavy atom. The molecular weight excluding hydrogens is 218 g/mol. The van der Waals surface area contributed by atoms with Gasteiger partial charge in [-0.2, -0.15) is 8.42 Å². The highest BCUT2D eigenvalue weighted by atomic mass is 32.2. The molecule has 0 radical (unpaired) electrons. The minimum atomic E-state index is -3.81. The summed E-state index contributed by atoms with van der Waals surface area (Å²) in [7, 11) is -3.81. The molecule has 0 heterocycles. The normalized spacial score (nSPS) is 10.7. The van der Waals surface area contributed by atoms with Crippen molar-refractivity contribution in [1.29, 1.82) is 0 Å². The summed E-state index contributed by atoms with van der Waals surface area (Å²) in [6, 6.07) is 6.18. The fourth-order valence-electron chi connectivity index (χ4n) is 0.892. The van der Waals surface area contributed by atoms with Crippen LogP contribution in [0.25, 0.3) is 10.4 Å². The van der Waals surface area contributed by atoms with E-state index in [1.54, 1.807) is 12.1 Å². The molecule has 0 atom stereocenters. The second-order valence-electron chi connectivity index (χ2n) is 2.74. The average Bonchev–Trinajstić information content (AvgIpc) is 2.18. The van der Waals surface area contributed by atoms with Crippen LogP contribution < -0.4 is 0 Å². The quantitative estimate of drug-likeness (QED) is 0.340. The maximum Gasteiger partial charge on any atom is 0.297 e. The fraction of sp³-hybridized carbons (Fsp3) is 0.250. The molecule has 0 N–H and O–H groups in total. The van der Waals surface area contributed by atoms with Gasteiger partial charge in [-0.15, -0.1) is 0 Å². The van der Waals surface area contributed by atoms with E-state index in [4.69, 9.17) is 5.53 Å². The van der Waals surface area contributed by atoms with Crippen LogP contribution in [0.1, 0.15) is 5.56 Å². The van der Waals surface area contributed by atoms with E-state index in [1.807, 2.05) is 6.92 Å². The molecule has 0 unspecified atom stereocenters.